The average Bonchev–Trinajstić information content (AvgIpc) is 3.53. The minimum Gasteiger partial charge on any atom is -0.337 e. The second-order valence-corrected chi connectivity index (χ2v) is 8.44. The number of carbonyl (C=O) groups is 2. The van der Waals surface area contributed by atoms with Crippen molar-refractivity contribution >= 4 is 17.5 Å². The highest BCUT2D eigenvalue weighted by atomic mass is 16.2. The first-order valence-electron chi connectivity index (χ1n) is 11.4. The summed E-state index contributed by atoms with van der Waals surface area (Å²) < 4.78 is 3.68. The lowest BCUT2D eigenvalue weighted by Crippen LogP contribution is -2.48. The molecule has 1 N–H and O–H groups in total. The molecule has 3 aromatic heterocycles. The fraction of sp³-hybridized carbons (Fsp3) is 0.240. The van der Waals surface area contributed by atoms with Crippen LogP contribution in [-0.4, -0.2) is 72.1 Å². The number of pyridine rings is 1. The molecule has 4 heterocycles. The molecule has 10 heteroatoms. The van der Waals surface area contributed by atoms with E-state index in [-0.39, 0.29) is 11.8 Å². The van der Waals surface area contributed by atoms with E-state index in [1.807, 2.05) is 47.0 Å². The van der Waals surface area contributed by atoms with Crippen LogP contribution >= 0.6 is 0 Å². The van der Waals surface area contributed by atoms with E-state index < -0.39 is 0 Å². The number of hydrogen-bond donors (Lipinski definition) is 1. The Morgan fingerprint density at radius 3 is 2.46 bits per heavy atom. The van der Waals surface area contributed by atoms with E-state index in [0.717, 1.165) is 31.1 Å². The van der Waals surface area contributed by atoms with Crippen LogP contribution in [-0.2, 0) is 13.6 Å². The number of aryl methyl sites for hydroxylation is 1. The highest BCUT2D eigenvalue weighted by Gasteiger charge is 2.23. The maximum atomic E-state index is 13.0. The Bertz CT molecular complexity index is 1300. The lowest BCUT2D eigenvalue weighted by Gasteiger charge is -2.34. The number of anilines is 1. The van der Waals surface area contributed by atoms with Crippen molar-refractivity contribution in [2.24, 2.45) is 7.05 Å². The predicted molar refractivity (Wildman–Crippen MR) is 130 cm³/mol. The number of rotatable bonds is 6. The van der Waals surface area contributed by atoms with E-state index in [9.17, 15) is 9.59 Å². The smallest absolute Gasteiger partial charge is 0.257 e. The molecule has 10 nitrogen and oxygen atoms in total. The third kappa shape index (κ3) is 5.12. The van der Waals surface area contributed by atoms with Gasteiger partial charge in [-0.3, -0.25) is 19.5 Å². The number of carbonyl (C=O) groups excluding carboxylic acids is 2. The molecule has 0 radical (unpaired) electrons. The molecule has 178 valence electrons. The van der Waals surface area contributed by atoms with Gasteiger partial charge in [-0.15, -0.1) is 0 Å². The summed E-state index contributed by atoms with van der Waals surface area (Å²) in [6, 6.07) is 10.7. The maximum absolute atomic E-state index is 13.0. The molecular weight excluding hydrogens is 444 g/mol. The van der Waals surface area contributed by atoms with Crippen molar-refractivity contribution < 1.29 is 9.59 Å². The van der Waals surface area contributed by atoms with Gasteiger partial charge in [0, 0.05) is 63.6 Å². The van der Waals surface area contributed by atoms with Gasteiger partial charge in [-0.25, -0.2) is 9.67 Å². The molecule has 0 unspecified atom stereocenters. The number of hydrogen-bond acceptors (Lipinski definition) is 6. The molecule has 1 aliphatic rings. The molecule has 0 spiro atoms. The molecule has 0 atom stereocenters. The Balaban J connectivity index is 1.17. The highest BCUT2D eigenvalue weighted by molar-refractivity contribution is 6.03. The standard InChI is InChI=1S/C25H26N8O2/c1-30-10-9-27-23(30)18-31-11-13-32(14-12-31)25(35)19-4-6-22(7-5-19)33-17-21(16-28-33)29-24(34)20-3-2-8-26-15-20/h2-10,15-17H,11-14,18H2,1H3,(H,29,34). The minimum atomic E-state index is -0.251. The van der Waals surface area contributed by atoms with Gasteiger partial charge in [0.15, 0.2) is 0 Å². The molecule has 4 aromatic rings. The summed E-state index contributed by atoms with van der Waals surface area (Å²) in [4.78, 5) is 37.9. The quantitative estimate of drug-likeness (QED) is 0.464. The zero-order valence-electron chi connectivity index (χ0n) is 19.4. The highest BCUT2D eigenvalue weighted by Crippen LogP contribution is 2.16. The summed E-state index contributed by atoms with van der Waals surface area (Å²) in [5.74, 6) is 0.801. The van der Waals surface area contributed by atoms with Gasteiger partial charge in [0.2, 0.25) is 0 Å². The molecule has 5 rings (SSSR count). The predicted octanol–water partition coefficient (Wildman–Crippen LogP) is 2.21. The zero-order chi connectivity index (χ0) is 24.2. The molecule has 1 saturated heterocycles. The fourth-order valence-corrected chi connectivity index (χ4v) is 4.03. The van der Waals surface area contributed by atoms with E-state index in [1.54, 1.807) is 41.6 Å². The summed E-state index contributed by atoms with van der Waals surface area (Å²) in [7, 11) is 1.99. The second kappa shape index (κ2) is 9.90. The number of amides is 2. The van der Waals surface area contributed by atoms with Crippen LogP contribution in [0.4, 0.5) is 5.69 Å². The Hall–Kier alpha value is -4.31. The molecule has 2 amide bonds. The van der Waals surface area contributed by atoms with Gasteiger partial charge in [-0.1, -0.05) is 0 Å². The maximum Gasteiger partial charge on any atom is 0.257 e. The van der Waals surface area contributed by atoms with E-state index in [0.29, 0.717) is 29.9 Å². The molecule has 0 aliphatic carbocycles. The normalized spacial score (nSPS) is 14.1. The summed E-state index contributed by atoms with van der Waals surface area (Å²) in [6.07, 6.45) is 10.2. The van der Waals surface area contributed by atoms with E-state index in [2.05, 4.69) is 25.3 Å². The Labute approximate surface area is 202 Å². The van der Waals surface area contributed by atoms with Crippen LogP contribution in [0.1, 0.15) is 26.5 Å². The van der Waals surface area contributed by atoms with Crippen molar-refractivity contribution in [2.75, 3.05) is 31.5 Å². The van der Waals surface area contributed by atoms with Crippen molar-refractivity contribution in [3.05, 3.63) is 90.5 Å². The van der Waals surface area contributed by atoms with Crippen molar-refractivity contribution in [3.8, 4) is 5.69 Å². The molecule has 35 heavy (non-hydrogen) atoms. The van der Waals surface area contributed by atoms with Gasteiger partial charge < -0.3 is 14.8 Å². The number of piperazine rings is 1. The van der Waals surface area contributed by atoms with Crippen molar-refractivity contribution in [2.45, 2.75) is 6.54 Å². The van der Waals surface area contributed by atoms with Gasteiger partial charge in [0.05, 0.1) is 35.9 Å². The molecule has 1 aromatic carbocycles. The third-order valence-corrected chi connectivity index (χ3v) is 6.09. The van der Waals surface area contributed by atoms with Gasteiger partial charge in [0.25, 0.3) is 11.8 Å². The van der Waals surface area contributed by atoms with Crippen LogP contribution in [0.3, 0.4) is 0 Å². The molecular formula is C25H26N8O2. The van der Waals surface area contributed by atoms with E-state index in [1.165, 1.54) is 6.20 Å². The lowest BCUT2D eigenvalue weighted by atomic mass is 10.1. The third-order valence-electron chi connectivity index (χ3n) is 6.09. The van der Waals surface area contributed by atoms with Gasteiger partial charge in [-0.2, -0.15) is 5.10 Å². The Kier molecular flexibility index (Phi) is 6.36. The average molecular weight is 471 g/mol. The lowest BCUT2D eigenvalue weighted by molar-refractivity contribution is 0.0624. The Morgan fingerprint density at radius 1 is 0.971 bits per heavy atom. The Morgan fingerprint density at radius 2 is 1.77 bits per heavy atom. The van der Waals surface area contributed by atoms with Gasteiger partial charge >= 0.3 is 0 Å². The first-order chi connectivity index (χ1) is 17.1. The van der Waals surface area contributed by atoms with Gasteiger partial charge in [-0.05, 0) is 36.4 Å². The van der Waals surface area contributed by atoms with Crippen LogP contribution < -0.4 is 5.32 Å². The number of nitrogens with zero attached hydrogens (tertiary/aromatic N) is 7. The number of nitrogens with one attached hydrogen (secondary N) is 1. The first-order valence-corrected chi connectivity index (χ1v) is 11.4. The minimum absolute atomic E-state index is 0.0260. The molecule has 0 saturated carbocycles. The largest absolute Gasteiger partial charge is 0.337 e. The van der Waals surface area contributed by atoms with Crippen molar-refractivity contribution in [1.29, 1.82) is 0 Å². The van der Waals surface area contributed by atoms with Gasteiger partial charge in [0.1, 0.15) is 5.82 Å². The molecule has 1 aliphatic heterocycles. The second-order valence-electron chi connectivity index (χ2n) is 8.44. The summed E-state index contributed by atoms with van der Waals surface area (Å²) in [5, 5.41) is 7.13. The van der Waals surface area contributed by atoms with Crippen LogP contribution in [0, 0.1) is 0 Å². The van der Waals surface area contributed by atoms with Crippen LogP contribution in [0.25, 0.3) is 5.69 Å². The summed E-state index contributed by atoms with van der Waals surface area (Å²) >= 11 is 0. The van der Waals surface area contributed by atoms with Crippen LogP contribution in [0.2, 0.25) is 0 Å². The van der Waals surface area contributed by atoms with Crippen LogP contribution in [0.15, 0.2) is 73.6 Å². The number of imidazole rings is 1. The van der Waals surface area contributed by atoms with Crippen molar-refractivity contribution in [3.63, 3.8) is 0 Å². The number of benzene rings is 1. The number of aromatic nitrogens is 5. The summed E-state index contributed by atoms with van der Waals surface area (Å²) in [5.41, 5.74) is 2.48. The topological polar surface area (TPSA) is 101 Å². The SMILES string of the molecule is Cn1ccnc1CN1CCN(C(=O)c2ccc(-n3cc(NC(=O)c4cccnc4)cn3)cc2)CC1. The summed E-state index contributed by atoms with van der Waals surface area (Å²) in [6.45, 7) is 3.79. The van der Waals surface area contributed by atoms with Crippen LogP contribution in [0.5, 0.6) is 0 Å². The zero-order valence-corrected chi connectivity index (χ0v) is 19.4. The molecule has 1 fully saturated rings. The first kappa shape index (κ1) is 22.5. The monoisotopic (exact) mass is 470 g/mol. The fourth-order valence-electron chi connectivity index (χ4n) is 4.03. The molecule has 0 bridgehead atoms. The van der Waals surface area contributed by atoms with Crippen molar-refractivity contribution in [1.82, 2.24) is 34.1 Å². The van der Waals surface area contributed by atoms with E-state index >= 15 is 0 Å². The van der Waals surface area contributed by atoms with E-state index in [4.69, 9.17) is 0 Å².